The molecule has 0 bridgehead atoms. The molecule has 1 aliphatic heterocycles. The van der Waals surface area contributed by atoms with Gasteiger partial charge in [0.05, 0.1) is 0 Å². The first-order valence-electron chi connectivity index (χ1n) is 6.34. The number of aromatic carboxylic acids is 1. The standard InChI is InChI=1S/C13H20N2O2S/c1-3-11-9-15(6-5-14(11)2)8-10-4-7-18-12(10)13(16)17/h4,7,11H,3,5-6,8-9H2,1-2H3,(H,16,17). The van der Waals surface area contributed by atoms with Gasteiger partial charge in [-0.15, -0.1) is 11.3 Å². The number of hydrogen-bond acceptors (Lipinski definition) is 4. The zero-order chi connectivity index (χ0) is 13.1. The molecule has 4 nitrogen and oxygen atoms in total. The quantitative estimate of drug-likeness (QED) is 0.907. The topological polar surface area (TPSA) is 43.8 Å². The van der Waals surface area contributed by atoms with Gasteiger partial charge in [0.1, 0.15) is 4.88 Å². The smallest absolute Gasteiger partial charge is 0.346 e. The maximum Gasteiger partial charge on any atom is 0.346 e. The van der Waals surface area contributed by atoms with Gasteiger partial charge < -0.3 is 10.0 Å². The fourth-order valence-corrected chi connectivity index (χ4v) is 3.24. The van der Waals surface area contributed by atoms with E-state index in [2.05, 4.69) is 23.8 Å². The Balaban J connectivity index is 2.01. The van der Waals surface area contributed by atoms with Crippen LogP contribution in [0.25, 0.3) is 0 Å². The van der Waals surface area contributed by atoms with Gasteiger partial charge in [-0.2, -0.15) is 0 Å². The van der Waals surface area contributed by atoms with E-state index < -0.39 is 5.97 Å². The fourth-order valence-electron chi connectivity index (χ4n) is 2.48. The molecule has 1 atom stereocenters. The fraction of sp³-hybridized carbons (Fsp3) is 0.615. The Bertz CT molecular complexity index is 419. The van der Waals surface area contributed by atoms with Crippen LogP contribution in [0.5, 0.6) is 0 Å². The summed E-state index contributed by atoms with van der Waals surface area (Å²) in [5.41, 5.74) is 0.951. The number of nitrogens with zero attached hydrogens (tertiary/aromatic N) is 2. The summed E-state index contributed by atoms with van der Waals surface area (Å²) in [6.45, 7) is 6.07. The average Bonchev–Trinajstić information content (AvgIpc) is 2.80. The molecule has 0 aliphatic carbocycles. The third-order valence-corrected chi connectivity index (χ3v) is 4.61. The van der Waals surface area contributed by atoms with Crippen molar-refractivity contribution in [3.05, 3.63) is 21.9 Å². The van der Waals surface area contributed by atoms with Crippen LogP contribution < -0.4 is 0 Å². The van der Waals surface area contributed by atoms with Crippen molar-refractivity contribution in [1.82, 2.24) is 9.80 Å². The van der Waals surface area contributed by atoms with Crippen molar-refractivity contribution in [3.63, 3.8) is 0 Å². The molecule has 0 aromatic carbocycles. The molecule has 2 rings (SSSR count). The van der Waals surface area contributed by atoms with E-state index >= 15 is 0 Å². The predicted molar refractivity (Wildman–Crippen MR) is 73.3 cm³/mol. The highest BCUT2D eigenvalue weighted by molar-refractivity contribution is 7.12. The first-order valence-corrected chi connectivity index (χ1v) is 7.22. The Kier molecular flexibility index (Phi) is 4.37. The largest absolute Gasteiger partial charge is 0.477 e. The summed E-state index contributed by atoms with van der Waals surface area (Å²) in [4.78, 5) is 16.3. The van der Waals surface area contributed by atoms with Gasteiger partial charge in [0.15, 0.2) is 0 Å². The molecule has 1 saturated heterocycles. The van der Waals surface area contributed by atoms with E-state index in [1.54, 1.807) is 0 Å². The normalized spacial score (nSPS) is 22.2. The van der Waals surface area contributed by atoms with E-state index in [1.807, 2.05) is 11.4 Å². The maximum atomic E-state index is 11.1. The van der Waals surface area contributed by atoms with Crippen molar-refractivity contribution in [3.8, 4) is 0 Å². The Morgan fingerprint density at radius 2 is 2.33 bits per heavy atom. The van der Waals surface area contributed by atoms with Gasteiger partial charge in [-0.3, -0.25) is 4.90 Å². The monoisotopic (exact) mass is 268 g/mol. The van der Waals surface area contributed by atoms with E-state index in [9.17, 15) is 4.79 Å². The van der Waals surface area contributed by atoms with Crippen LogP contribution in [-0.2, 0) is 6.54 Å². The molecule has 1 aromatic heterocycles. The second kappa shape index (κ2) is 5.82. The van der Waals surface area contributed by atoms with Crippen LogP contribution in [0.2, 0.25) is 0 Å². The third kappa shape index (κ3) is 2.91. The van der Waals surface area contributed by atoms with E-state index in [1.165, 1.54) is 11.3 Å². The molecule has 0 spiro atoms. The molecule has 0 saturated carbocycles. The van der Waals surface area contributed by atoms with Crippen LogP contribution in [-0.4, -0.2) is 53.6 Å². The zero-order valence-electron chi connectivity index (χ0n) is 10.9. The SMILES string of the molecule is CCC1CN(Cc2ccsc2C(=O)O)CCN1C. The number of carboxylic acid groups (broad SMARTS) is 1. The van der Waals surface area contributed by atoms with Gasteiger partial charge in [-0.05, 0) is 30.5 Å². The summed E-state index contributed by atoms with van der Waals surface area (Å²) < 4.78 is 0. The number of likely N-dealkylation sites (N-methyl/N-ethyl adjacent to an activating group) is 1. The summed E-state index contributed by atoms with van der Waals surface area (Å²) in [7, 11) is 2.17. The second-order valence-electron chi connectivity index (χ2n) is 4.86. The van der Waals surface area contributed by atoms with Crippen LogP contribution in [0.15, 0.2) is 11.4 Å². The van der Waals surface area contributed by atoms with E-state index in [-0.39, 0.29) is 0 Å². The molecule has 18 heavy (non-hydrogen) atoms. The number of rotatable bonds is 4. The minimum absolute atomic E-state index is 0.488. The summed E-state index contributed by atoms with van der Waals surface area (Å²) in [6.07, 6.45) is 1.14. The molecular weight excluding hydrogens is 248 g/mol. The molecule has 1 N–H and O–H groups in total. The molecule has 2 heterocycles. The highest BCUT2D eigenvalue weighted by Crippen LogP contribution is 2.20. The zero-order valence-corrected chi connectivity index (χ0v) is 11.7. The molecule has 1 aliphatic rings. The van der Waals surface area contributed by atoms with E-state index in [0.29, 0.717) is 10.9 Å². The number of carboxylic acids is 1. The summed E-state index contributed by atoms with van der Waals surface area (Å²) in [5.74, 6) is -0.804. The number of carbonyl (C=O) groups is 1. The molecule has 100 valence electrons. The Labute approximate surface area is 112 Å². The van der Waals surface area contributed by atoms with E-state index in [0.717, 1.165) is 38.2 Å². The third-order valence-electron chi connectivity index (χ3n) is 3.67. The summed E-state index contributed by atoms with van der Waals surface area (Å²) in [5, 5.41) is 11.0. The lowest BCUT2D eigenvalue weighted by molar-refractivity contribution is 0.0694. The van der Waals surface area contributed by atoms with Crippen LogP contribution in [0, 0.1) is 0 Å². The van der Waals surface area contributed by atoms with Gasteiger partial charge in [0.25, 0.3) is 0 Å². The molecule has 1 fully saturated rings. The van der Waals surface area contributed by atoms with Crippen LogP contribution in [0.3, 0.4) is 0 Å². The van der Waals surface area contributed by atoms with E-state index in [4.69, 9.17) is 5.11 Å². The lowest BCUT2D eigenvalue weighted by Gasteiger charge is -2.39. The highest BCUT2D eigenvalue weighted by atomic mass is 32.1. The second-order valence-corrected chi connectivity index (χ2v) is 5.77. The molecule has 1 aromatic rings. The van der Waals surface area contributed by atoms with Gasteiger partial charge >= 0.3 is 5.97 Å². The summed E-state index contributed by atoms with van der Waals surface area (Å²) >= 11 is 1.32. The van der Waals surface area contributed by atoms with Crippen molar-refractivity contribution < 1.29 is 9.90 Å². The van der Waals surface area contributed by atoms with Crippen molar-refractivity contribution in [2.45, 2.75) is 25.9 Å². The number of piperazine rings is 1. The minimum atomic E-state index is -0.804. The molecular formula is C13H20N2O2S. The van der Waals surface area contributed by atoms with Gasteiger partial charge in [-0.25, -0.2) is 4.79 Å². The minimum Gasteiger partial charge on any atom is -0.477 e. The van der Waals surface area contributed by atoms with Crippen LogP contribution in [0.1, 0.15) is 28.6 Å². The maximum absolute atomic E-state index is 11.1. The Morgan fingerprint density at radius 1 is 1.56 bits per heavy atom. The lowest BCUT2D eigenvalue weighted by atomic mass is 10.1. The number of hydrogen-bond donors (Lipinski definition) is 1. The molecule has 0 amide bonds. The Hall–Kier alpha value is -0.910. The molecule has 5 heteroatoms. The Morgan fingerprint density at radius 3 is 3.00 bits per heavy atom. The first-order chi connectivity index (χ1) is 8.61. The molecule has 1 unspecified atom stereocenters. The van der Waals surface area contributed by atoms with Crippen molar-refractivity contribution >= 4 is 17.3 Å². The van der Waals surface area contributed by atoms with Gasteiger partial charge in [-0.1, -0.05) is 6.92 Å². The number of thiophene rings is 1. The van der Waals surface area contributed by atoms with Gasteiger partial charge in [0.2, 0.25) is 0 Å². The van der Waals surface area contributed by atoms with Crippen LogP contribution >= 0.6 is 11.3 Å². The highest BCUT2D eigenvalue weighted by Gasteiger charge is 2.24. The van der Waals surface area contributed by atoms with Crippen molar-refractivity contribution in [2.75, 3.05) is 26.7 Å². The first kappa shape index (κ1) is 13.5. The lowest BCUT2D eigenvalue weighted by Crippen LogP contribution is -2.50. The predicted octanol–water partition coefficient (Wildman–Crippen LogP) is 1.97. The van der Waals surface area contributed by atoms with Gasteiger partial charge in [0, 0.05) is 32.2 Å². The molecule has 0 radical (unpaired) electrons. The van der Waals surface area contributed by atoms with Crippen molar-refractivity contribution in [2.24, 2.45) is 0 Å². The van der Waals surface area contributed by atoms with Crippen LogP contribution in [0.4, 0.5) is 0 Å². The average molecular weight is 268 g/mol. The van der Waals surface area contributed by atoms with Crippen molar-refractivity contribution in [1.29, 1.82) is 0 Å². The summed E-state index contributed by atoms with van der Waals surface area (Å²) in [6, 6.07) is 2.53.